The maximum atomic E-state index is 13.3. The number of hydrogen-bond acceptors (Lipinski definition) is 4. The van der Waals surface area contributed by atoms with E-state index in [0.29, 0.717) is 32.0 Å². The Morgan fingerprint density at radius 1 is 0.974 bits per heavy atom. The van der Waals surface area contributed by atoms with Crippen molar-refractivity contribution >= 4 is 11.9 Å². The Labute approximate surface area is 220 Å². The number of alkyl halides is 3. The summed E-state index contributed by atoms with van der Waals surface area (Å²) < 4.78 is 38.8. The van der Waals surface area contributed by atoms with Crippen LogP contribution in [0.1, 0.15) is 66.2 Å². The van der Waals surface area contributed by atoms with Gasteiger partial charge >= 0.3 is 12.1 Å². The number of carboxylic acids is 1. The molecule has 2 aliphatic heterocycles. The van der Waals surface area contributed by atoms with Crippen LogP contribution in [0, 0.1) is 11.8 Å². The van der Waals surface area contributed by atoms with Gasteiger partial charge in [-0.2, -0.15) is 13.2 Å². The fourth-order valence-electron chi connectivity index (χ4n) is 6.24. The Balaban J connectivity index is 1.15. The minimum Gasteiger partial charge on any atom is -0.480 e. The Morgan fingerprint density at radius 2 is 1.68 bits per heavy atom. The highest BCUT2D eigenvalue weighted by Gasteiger charge is 2.39. The van der Waals surface area contributed by atoms with Crippen LogP contribution in [-0.2, 0) is 35.0 Å². The number of hydrogen-bond donors (Lipinski definition) is 1. The van der Waals surface area contributed by atoms with E-state index in [2.05, 4.69) is 12.1 Å². The van der Waals surface area contributed by atoms with Gasteiger partial charge in [0.2, 0.25) is 5.91 Å². The van der Waals surface area contributed by atoms with Crippen molar-refractivity contribution in [1.29, 1.82) is 0 Å². The topological polar surface area (TPSA) is 73.7 Å². The van der Waals surface area contributed by atoms with Gasteiger partial charge in [-0.25, -0.2) is 0 Å². The fraction of sp³-hybridized carbons (Fsp3) is 0.552. The van der Waals surface area contributed by atoms with E-state index < -0.39 is 23.8 Å². The van der Waals surface area contributed by atoms with E-state index in [1.54, 1.807) is 4.90 Å². The normalized spacial score (nSPS) is 21.8. The molecule has 2 atom stereocenters. The second kappa shape index (κ2) is 11.0. The Hall–Kier alpha value is -2.94. The van der Waals surface area contributed by atoms with Crippen LogP contribution in [0.2, 0.25) is 0 Å². The molecule has 0 spiro atoms. The Kier molecular flexibility index (Phi) is 7.75. The van der Waals surface area contributed by atoms with Crippen LogP contribution in [0.3, 0.4) is 0 Å². The minimum absolute atomic E-state index is 0.0504. The number of carboxylic acid groups (broad SMARTS) is 1. The summed E-state index contributed by atoms with van der Waals surface area (Å²) in [7, 11) is 0. The number of benzene rings is 1. The lowest BCUT2D eigenvalue weighted by atomic mass is 9.90. The molecular weight excluding hydrogens is 495 g/mol. The highest BCUT2D eigenvalue weighted by Crippen LogP contribution is 2.34. The summed E-state index contributed by atoms with van der Waals surface area (Å²) in [5, 5.41) is 9.84. The molecule has 2 fully saturated rings. The quantitative estimate of drug-likeness (QED) is 0.576. The molecule has 204 valence electrons. The third-order valence-electron chi connectivity index (χ3n) is 8.38. The largest absolute Gasteiger partial charge is 0.480 e. The smallest absolute Gasteiger partial charge is 0.416 e. The lowest BCUT2D eigenvalue weighted by molar-refractivity contribution is -0.144. The van der Waals surface area contributed by atoms with Crippen molar-refractivity contribution in [3.8, 4) is 0 Å². The number of carbonyl (C=O) groups excluding carboxylic acids is 1. The van der Waals surface area contributed by atoms with Gasteiger partial charge in [-0.3, -0.25) is 19.5 Å². The first-order valence-corrected chi connectivity index (χ1v) is 13.6. The van der Waals surface area contributed by atoms with Gasteiger partial charge in [0.05, 0.1) is 11.5 Å². The summed E-state index contributed by atoms with van der Waals surface area (Å²) in [6.45, 7) is 2.07. The number of likely N-dealkylation sites (tertiary alicyclic amines) is 2. The first kappa shape index (κ1) is 26.7. The number of amides is 1. The standard InChI is InChI=1S/C29H34F3N3O3/c30-29(31,32)23-8-5-21(6-9-23)26(28(37)38)35-16-13-22(18-35)27(36)34-14-11-19(12-15-34)17-24-10-7-20-3-1-2-4-25(20)33-24/h5-10,19,22,26H,1-4,11-18H2,(H,37,38)/t22-,26+/m1/s1. The summed E-state index contributed by atoms with van der Waals surface area (Å²) in [6, 6.07) is 7.57. The van der Waals surface area contributed by atoms with E-state index in [9.17, 15) is 27.9 Å². The molecule has 5 rings (SSSR count). The van der Waals surface area contributed by atoms with E-state index >= 15 is 0 Å². The molecule has 0 radical (unpaired) electrons. The highest BCUT2D eigenvalue weighted by atomic mass is 19.4. The number of pyridine rings is 1. The molecule has 1 amide bonds. The van der Waals surface area contributed by atoms with E-state index in [-0.39, 0.29) is 23.9 Å². The molecule has 0 bridgehead atoms. The number of rotatable bonds is 6. The molecule has 3 heterocycles. The molecule has 2 aromatic rings. The van der Waals surface area contributed by atoms with Gasteiger partial charge in [0.25, 0.3) is 0 Å². The predicted octanol–water partition coefficient (Wildman–Crippen LogP) is 4.91. The number of fused-ring (bicyclic) bond motifs is 1. The number of aryl methyl sites for hydroxylation is 2. The summed E-state index contributed by atoms with van der Waals surface area (Å²) >= 11 is 0. The third-order valence-corrected chi connectivity index (χ3v) is 8.38. The van der Waals surface area contributed by atoms with Crippen LogP contribution in [0.4, 0.5) is 13.2 Å². The van der Waals surface area contributed by atoms with Crippen LogP contribution < -0.4 is 0 Å². The van der Waals surface area contributed by atoms with Crippen molar-refractivity contribution in [1.82, 2.24) is 14.8 Å². The first-order chi connectivity index (χ1) is 18.2. The maximum Gasteiger partial charge on any atom is 0.416 e. The Bertz CT molecular complexity index is 1160. The molecule has 1 N–H and O–H groups in total. The van der Waals surface area contributed by atoms with Gasteiger partial charge in [0.1, 0.15) is 6.04 Å². The highest BCUT2D eigenvalue weighted by molar-refractivity contribution is 5.80. The van der Waals surface area contributed by atoms with Crippen LogP contribution in [0.25, 0.3) is 0 Å². The number of nitrogens with zero attached hydrogens (tertiary/aromatic N) is 3. The van der Waals surface area contributed by atoms with Crippen LogP contribution in [0.15, 0.2) is 36.4 Å². The zero-order valence-corrected chi connectivity index (χ0v) is 21.4. The van der Waals surface area contributed by atoms with Crippen molar-refractivity contribution in [2.75, 3.05) is 26.2 Å². The van der Waals surface area contributed by atoms with Gasteiger partial charge in [-0.15, -0.1) is 0 Å². The summed E-state index contributed by atoms with van der Waals surface area (Å²) in [5.41, 5.74) is 3.25. The van der Waals surface area contributed by atoms with Crippen molar-refractivity contribution < 1.29 is 27.9 Å². The Morgan fingerprint density at radius 3 is 2.37 bits per heavy atom. The summed E-state index contributed by atoms with van der Waals surface area (Å²) in [5.74, 6) is -0.890. The van der Waals surface area contributed by atoms with E-state index in [4.69, 9.17) is 4.98 Å². The number of aliphatic carboxylic acids is 1. The van der Waals surface area contributed by atoms with E-state index in [1.165, 1.54) is 36.2 Å². The molecule has 1 aromatic heterocycles. The number of piperidine rings is 1. The second-order valence-electron chi connectivity index (χ2n) is 10.9. The monoisotopic (exact) mass is 529 g/mol. The van der Waals surface area contributed by atoms with Gasteiger partial charge in [-0.05, 0) is 86.6 Å². The molecule has 0 unspecified atom stereocenters. The molecule has 0 saturated carbocycles. The van der Waals surface area contributed by atoms with Gasteiger partial charge in [-0.1, -0.05) is 18.2 Å². The number of carbonyl (C=O) groups is 2. The molecule has 3 aliphatic rings. The molecule has 1 aliphatic carbocycles. The van der Waals surface area contributed by atoms with Crippen molar-refractivity contribution in [3.63, 3.8) is 0 Å². The fourth-order valence-corrected chi connectivity index (χ4v) is 6.24. The van der Waals surface area contributed by atoms with E-state index in [0.717, 1.165) is 49.9 Å². The maximum absolute atomic E-state index is 13.3. The molecular formula is C29H34F3N3O3. The average Bonchev–Trinajstić information content (AvgIpc) is 3.38. The summed E-state index contributed by atoms with van der Waals surface area (Å²) in [4.78, 5) is 33.8. The zero-order chi connectivity index (χ0) is 26.9. The lowest BCUT2D eigenvalue weighted by Gasteiger charge is -2.34. The van der Waals surface area contributed by atoms with Crippen LogP contribution in [0.5, 0.6) is 0 Å². The summed E-state index contributed by atoms with van der Waals surface area (Å²) in [6.07, 6.45) is 3.48. The SMILES string of the molecule is O=C(O)[C@H](c1ccc(C(F)(F)F)cc1)N1CC[C@@H](C(=O)N2CCC(Cc3ccc4c(n3)CCCC4)CC2)C1. The second-order valence-corrected chi connectivity index (χ2v) is 10.9. The minimum atomic E-state index is -4.48. The molecule has 6 nitrogen and oxygen atoms in total. The van der Waals surface area contributed by atoms with Gasteiger partial charge in [0, 0.05) is 37.6 Å². The third kappa shape index (κ3) is 5.87. The molecule has 2 saturated heterocycles. The number of halogens is 3. The van der Waals surface area contributed by atoms with Crippen molar-refractivity contribution in [2.24, 2.45) is 11.8 Å². The first-order valence-electron chi connectivity index (χ1n) is 13.6. The number of aromatic nitrogens is 1. The van der Waals surface area contributed by atoms with Crippen LogP contribution in [-0.4, -0.2) is 57.9 Å². The predicted molar refractivity (Wildman–Crippen MR) is 135 cm³/mol. The van der Waals surface area contributed by atoms with Gasteiger partial charge in [0.15, 0.2) is 0 Å². The van der Waals surface area contributed by atoms with E-state index in [1.807, 2.05) is 4.90 Å². The zero-order valence-electron chi connectivity index (χ0n) is 21.4. The molecule has 1 aromatic carbocycles. The van der Waals surface area contributed by atoms with Crippen LogP contribution >= 0.6 is 0 Å². The van der Waals surface area contributed by atoms with Gasteiger partial charge < -0.3 is 10.0 Å². The molecule has 38 heavy (non-hydrogen) atoms. The van der Waals surface area contributed by atoms with Crippen molar-refractivity contribution in [2.45, 2.75) is 63.6 Å². The van der Waals surface area contributed by atoms with Crippen molar-refractivity contribution in [3.05, 3.63) is 64.5 Å². The molecule has 9 heteroatoms. The average molecular weight is 530 g/mol. The lowest BCUT2D eigenvalue weighted by Crippen LogP contribution is -2.43.